The molecule has 164 valence electrons. The lowest BCUT2D eigenvalue weighted by atomic mass is 9.80. The number of esters is 1. The van der Waals surface area contributed by atoms with Crippen molar-refractivity contribution < 1.29 is 28.5 Å². The predicted octanol–water partition coefficient (Wildman–Crippen LogP) is 4.80. The van der Waals surface area contributed by atoms with E-state index < -0.39 is 6.10 Å². The number of ketones is 1. The van der Waals surface area contributed by atoms with Crippen LogP contribution in [-0.4, -0.2) is 36.7 Å². The molecule has 2 aliphatic rings. The zero-order valence-electron chi connectivity index (χ0n) is 17.6. The second kappa shape index (κ2) is 10.4. The Kier molecular flexibility index (Phi) is 7.94. The monoisotopic (exact) mass is 480 g/mol. The molecule has 30 heavy (non-hydrogen) atoms. The first-order chi connectivity index (χ1) is 14.3. The number of halogens is 1. The third-order valence-corrected chi connectivity index (χ3v) is 6.05. The van der Waals surface area contributed by atoms with Crippen LogP contribution in [0.5, 0.6) is 5.75 Å². The van der Waals surface area contributed by atoms with Gasteiger partial charge in [0.25, 0.3) is 0 Å². The lowest BCUT2D eigenvalue weighted by Crippen LogP contribution is -2.43. The van der Waals surface area contributed by atoms with Gasteiger partial charge in [-0.25, -0.2) is 4.79 Å². The van der Waals surface area contributed by atoms with Crippen molar-refractivity contribution in [3.05, 3.63) is 40.8 Å². The summed E-state index contributed by atoms with van der Waals surface area (Å²) < 4.78 is 23.6. The largest absolute Gasteiger partial charge is 0.493 e. The van der Waals surface area contributed by atoms with Gasteiger partial charge in [0.15, 0.2) is 6.10 Å². The fourth-order valence-corrected chi connectivity index (χ4v) is 4.00. The summed E-state index contributed by atoms with van der Waals surface area (Å²) in [5.41, 5.74) is 0. The van der Waals surface area contributed by atoms with E-state index in [-0.39, 0.29) is 35.6 Å². The molecule has 0 spiro atoms. The molecule has 0 radical (unpaired) electrons. The van der Waals surface area contributed by atoms with E-state index in [0.717, 1.165) is 10.9 Å². The highest BCUT2D eigenvalue weighted by Gasteiger charge is 2.42. The van der Waals surface area contributed by atoms with Gasteiger partial charge in [0.2, 0.25) is 11.5 Å². The summed E-state index contributed by atoms with van der Waals surface area (Å²) in [7, 11) is 0. The Morgan fingerprint density at radius 3 is 2.73 bits per heavy atom. The van der Waals surface area contributed by atoms with Gasteiger partial charge in [-0.15, -0.1) is 0 Å². The van der Waals surface area contributed by atoms with E-state index in [4.69, 9.17) is 18.9 Å². The van der Waals surface area contributed by atoms with Crippen molar-refractivity contribution in [2.75, 3.05) is 6.61 Å². The summed E-state index contributed by atoms with van der Waals surface area (Å²) in [4.78, 5) is 25.0. The minimum atomic E-state index is -0.636. The Balaban J connectivity index is 1.52. The number of fused-ring (bicyclic) bond motifs is 1. The van der Waals surface area contributed by atoms with Crippen LogP contribution in [0.1, 0.15) is 46.5 Å². The maximum absolute atomic E-state index is 12.9. The SMILES string of the molecule is CC(C)CCOC(=O)C(C)OC1CCC2C(=O)C(Oc3ccccc3Br)=COC2C1. The van der Waals surface area contributed by atoms with E-state index in [9.17, 15) is 9.59 Å². The third-order valence-electron chi connectivity index (χ3n) is 5.40. The van der Waals surface area contributed by atoms with Crippen molar-refractivity contribution in [1.82, 2.24) is 0 Å². The molecule has 1 aromatic carbocycles. The van der Waals surface area contributed by atoms with Gasteiger partial charge in [0.1, 0.15) is 18.1 Å². The average molecular weight is 481 g/mol. The Bertz CT molecular complexity index is 790. The molecular weight excluding hydrogens is 452 g/mol. The number of carbonyl (C=O) groups is 2. The summed E-state index contributed by atoms with van der Waals surface area (Å²) in [6, 6.07) is 7.36. The molecule has 1 aliphatic carbocycles. The number of allylic oxidation sites excluding steroid dienone is 1. The first-order valence-corrected chi connectivity index (χ1v) is 11.3. The number of benzene rings is 1. The van der Waals surface area contributed by atoms with Crippen LogP contribution in [-0.2, 0) is 23.8 Å². The molecule has 4 atom stereocenters. The number of carbonyl (C=O) groups excluding carboxylic acids is 2. The standard InChI is InChI=1S/C23H29BrO6/c1-14(2)10-11-27-23(26)15(3)29-16-8-9-17-20(12-16)28-13-21(22(17)25)30-19-7-5-4-6-18(19)24/h4-7,13-17,20H,8-12H2,1-3H3. The zero-order chi connectivity index (χ0) is 21.7. The molecule has 0 amide bonds. The van der Waals surface area contributed by atoms with Crippen molar-refractivity contribution in [1.29, 1.82) is 0 Å². The molecule has 1 saturated carbocycles. The van der Waals surface area contributed by atoms with E-state index in [1.54, 1.807) is 13.0 Å². The minimum Gasteiger partial charge on any atom is -0.493 e. The van der Waals surface area contributed by atoms with Crippen LogP contribution < -0.4 is 4.74 Å². The van der Waals surface area contributed by atoms with Gasteiger partial charge in [0.05, 0.1) is 23.1 Å². The smallest absolute Gasteiger partial charge is 0.334 e. The highest BCUT2D eigenvalue weighted by atomic mass is 79.9. The third kappa shape index (κ3) is 5.85. The van der Waals surface area contributed by atoms with Crippen LogP contribution in [0.2, 0.25) is 0 Å². The second-order valence-corrected chi connectivity index (χ2v) is 9.08. The summed E-state index contributed by atoms with van der Waals surface area (Å²) in [6.45, 7) is 6.28. The fraction of sp³-hybridized carbons (Fsp3) is 0.565. The van der Waals surface area contributed by atoms with Crippen molar-refractivity contribution >= 4 is 27.7 Å². The Morgan fingerprint density at radius 1 is 1.23 bits per heavy atom. The molecular formula is C23H29BrO6. The molecule has 4 unspecified atom stereocenters. The highest BCUT2D eigenvalue weighted by molar-refractivity contribution is 9.10. The van der Waals surface area contributed by atoms with Gasteiger partial charge in [-0.05, 0) is 60.2 Å². The number of para-hydroxylation sites is 1. The second-order valence-electron chi connectivity index (χ2n) is 8.22. The number of hydrogen-bond donors (Lipinski definition) is 0. The van der Waals surface area contributed by atoms with Crippen molar-refractivity contribution in [2.24, 2.45) is 11.8 Å². The maximum atomic E-state index is 12.9. The highest BCUT2D eigenvalue weighted by Crippen LogP contribution is 2.36. The molecule has 1 aromatic rings. The Hall–Kier alpha value is -1.86. The van der Waals surface area contributed by atoms with Crippen LogP contribution in [0.15, 0.2) is 40.8 Å². The van der Waals surface area contributed by atoms with Gasteiger partial charge in [-0.3, -0.25) is 4.79 Å². The lowest BCUT2D eigenvalue weighted by molar-refractivity contribution is -0.164. The zero-order valence-corrected chi connectivity index (χ0v) is 19.2. The molecule has 1 fully saturated rings. The lowest BCUT2D eigenvalue weighted by Gasteiger charge is -2.37. The number of ether oxygens (including phenoxy) is 4. The summed E-state index contributed by atoms with van der Waals surface area (Å²) in [5, 5.41) is 0. The van der Waals surface area contributed by atoms with Crippen LogP contribution in [0.25, 0.3) is 0 Å². The average Bonchev–Trinajstić information content (AvgIpc) is 2.71. The molecule has 0 aromatic heterocycles. The van der Waals surface area contributed by atoms with Crippen LogP contribution in [0, 0.1) is 11.8 Å². The number of Topliss-reactive ketones (excluding diaryl/α,β-unsaturated/α-hetero) is 1. The fourth-order valence-electron chi connectivity index (χ4n) is 3.63. The first kappa shape index (κ1) is 22.8. The molecule has 1 aliphatic heterocycles. The molecule has 3 rings (SSSR count). The molecule has 0 saturated heterocycles. The maximum Gasteiger partial charge on any atom is 0.334 e. The van der Waals surface area contributed by atoms with Gasteiger partial charge in [-0.2, -0.15) is 0 Å². The van der Waals surface area contributed by atoms with E-state index in [2.05, 4.69) is 29.8 Å². The summed E-state index contributed by atoms with van der Waals surface area (Å²) >= 11 is 3.42. The van der Waals surface area contributed by atoms with Crippen molar-refractivity contribution in [3.8, 4) is 5.75 Å². The molecule has 0 bridgehead atoms. The topological polar surface area (TPSA) is 71.1 Å². The normalized spacial score (nSPS) is 24.5. The van der Waals surface area contributed by atoms with Crippen LogP contribution in [0.3, 0.4) is 0 Å². The van der Waals surface area contributed by atoms with Gasteiger partial charge >= 0.3 is 5.97 Å². The van der Waals surface area contributed by atoms with Crippen LogP contribution in [0.4, 0.5) is 0 Å². The first-order valence-electron chi connectivity index (χ1n) is 10.5. The molecule has 0 N–H and O–H groups in total. The molecule has 1 heterocycles. The van der Waals surface area contributed by atoms with E-state index in [0.29, 0.717) is 37.5 Å². The molecule has 7 heteroatoms. The predicted molar refractivity (Wildman–Crippen MR) is 115 cm³/mol. The molecule has 6 nitrogen and oxygen atoms in total. The van der Waals surface area contributed by atoms with Crippen molar-refractivity contribution in [2.45, 2.75) is 64.8 Å². The van der Waals surface area contributed by atoms with E-state index in [1.165, 1.54) is 6.26 Å². The summed E-state index contributed by atoms with van der Waals surface area (Å²) in [5.74, 6) is 0.602. The quantitative estimate of drug-likeness (QED) is 0.497. The van der Waals surface area contributed by atoms with E-state index in [1.807, 2.05) is 18.2 Å². The van der Waals surface area contributed by atoms with Gasteiger partial charge < -0.3 is 18.9 Å². The number of rotatable bonds is 8. The number of hydrogen-bond acceptors (Lipinski definition) is 6. The minimum absolute atomic E-state index is 0.0541. The van der Waals surface area contributed by atoms with Crippen molar-refractivity contribution in [3.63, 3.8) is 0 Å². The van der Waals surface area contributed by atoms with E-state index >= 15 is 0 Å². The Morgan fingerprint density at radius 2 is 2.00 bits per heavy atom. The van der Waals surface area contributed by atoms with Gasteiger partial charge in [-0.1, -0.05) is 26.0 Å². The van der Waals surface area contributed by atoms with Gasteiger partial charge in [0, 0.05) is 6.42 Å². The van der Waals surface area contributed by atoms with Crippen LogP contribution >= 0.6 is 15.9 Å². The summed E-state index contributed by atoms with van der Waals surface area (Å²) in [6.07, 6.45) is 3.04. The Labute approximate surface area is 186 Å².